The minimum Gasteiger partial charge on any atom is -0.370 e. The minimum absolute atomic E-state index is 0.0221. The smallest absolute Gasteiger partial charge is 0.211 e. The molecule has 0 radical (unpaired) electrons. The van der Waals surface area contributed by atoms with Gasteiger partial charge in [0.1, 0.15) is 0 Å². The molecule has 1 atom stereocenters. The van der Waals surface area contributed by atoms with Gasteiger partial charge in [-0.3, -0.25) is 4.99 Å². The van der Waals surface area contributed by atoms with Crippen molar-refractivity contribution in [2.24, 2.45) is 10.7 Å². The third-order valence-corrected chi connectivity index (χ3v) is 5.00. The Morgan fingerprint density at radius 1 is 1.44 bits per heavy atom. The van der Waals surface area contributed by atoms with Crippen molar-refractivity contribution in [3.63, 3.8) is 0 Å². The van der Waals surface area contributed by atoms with E-state index in [0.29, 0.717) is 25.1 Å². The zero-order chi connectivity index (χ0) is 13.3. The molecule has 0 amide bonds. The van der Waals surface area contributed by atoms with Gasteiger partial charge in [-0.15, -0.1) is 0 Å². The molecule has 0 spiro atoms. The molecule has 18 heavy (non-hydrogen) atoms. The Kier molecular flexibility index (Phi) is 3.82. The van der Waals surface area contributed by atoms with Gasteiger partial charge in [-0.05, 0) is 25.7 Å². The molecule has 2 fully saturated rings. The first-order valence-corrected chi connectivity index (χ1v) is 8.24. The molecule has 1 aliphatic heterocycles. The third-order valence-electron chi connectivity index (χ3n) is 3.67. The van der Waals surface area contributed by atoms with Gasteiger partial charge in [-0.2, -0.15) is 4.31 Å². The van der Waals surface area contributed by atoms with Crippen LogP contribution in [0.25, 0.3) is 0 Å². The van der Waals surface area contributed by atoms with E-state index in [-0.39, 0.29) is 6.04 Å². The topological polar surface area (TPSA) is 79.0 Å². The Balaban J connectivity index is 1.94. The largest absolute Gasteiger partial charge is 0.370 e. The first-order chi connectivity index (χ1) is 8.39. The van der Waals surface area contributed by atoms with E-state index in [1.165, 1.54) is 19.1 Å². The third kappa shape index (κ3) is 3.14. The van der Waals surface area contributed by atoms with E-state index in [0.717, 1.165) is 12.8 Å². The van der Waals surface area contributed by atoms with Crippen LogP contribution in [0.5, 0.6) is 0 Å². The van der Waals surface area contributed by atoms with Crippen LogP contribution in [0.4, 0.5) is 0 Å². The second-order valence-electron chi connectivity index (χ2n) is 5.21. The molecular formula is C11H22N4O2S. The van der Waals surface area contributed by atoms with E-state index in [1.807, 2.05) is 11.9 Å². The molecule has 104 valence electrons. The Labute approximate surface area is 109 Å². The van der Waals surface area contributed by atoms with Gasteiger partial charge in [-0.1, -0.05) is 0 Å². The molecule has 7 heteroatoms. The van der Waals surface area contributed by atoms with Gasteiger partial charge in [0.15, 0.2) is 5.96 Å². The van der Waals surface area contributed by atoms with Gasteiger partial charge in [0.2, 0.25) is 10.0 Å². The molecule has 6 nitrogen and oxygen atoms in total. The molecule has 2 rings (SSSR count). The van der Waals surface area contributed by atoms with Crippen molar-refractivity contribution in [1.82, 2.24) is 9.21 Å². The summed E-state index contributed by atoms with van der Waals surface area (Å²) in [5.74, 6) is 0.526. The highest BCUT2D eigenvalue weighted by Gasteiger charge is 2.32. The van der Waals surface area contributed by atoms with Crippen LogP contribution in [0.1, 0.15) is 25.7 Å². The van der Waals surface area contributed by atoms with E-state index in [1.54, 1.807) is 4.31 Å². The van der Waals surface area contributed by atoms with Crippen molar-refractivity contribution in [3.8, 4) is 0 Å². The van der Waals surface area contributed by atoms with Gasteiger partial charge >= 0.3 is 0 Å². The standard InChI is InChI=1S/C11H22N4O2S/c1-14(9-5-6-9)11(12)13-8-10-4-3-7-15(10)18(2,16)17/h9-10H,3-8H2,1-2H3,(H2,12,13)/t10-/m1/s1. The fourth-order valence-corrected chi connectivity index (χ4v) is 3.56. The lowest BCUT2D eigenvalue weighted by Gasteiger charge is -2.22. The zero-order valence-corrected chi connectivity index (χ0v) is 11.9. The van der Waals surface area contributed by atoms with Gasteiger partial charge in [-0.25, -0.2) is 8.42 Å². The summed E-state index contributed by atoms with van der Waals surface area (Å²) in [6, 6.07) is 0.509. The Morgan fingerprint density at radius 3 is 2.67 bits per heavy atom. The number of rotatable bonds is 4. The SMILES string of the molecule is CN(C(N)=NC[C@H]1CCCN1S(C)(=O)=O)C1CC1. The second-order valence-corrected chi connectivity index (χ2v) is 7.15. The molecule has 1 aliphatic carbocycles. The molecule has 0 aromatic heterocycles. The van der Waals surface area contributed by atoms with E-state index < -0.39 is 10.0 Å². The van der Waals surface area contributed by atoms with Crippen LogP contribution >= 0.6 is 0 Å². The van der Waals surface area contributed by atoms with Crippen molar-refractivity contribution in [2.45, 2.75) is 37.8 Å². The Hall–Kier alpha value is -0.820. The fraction of sp³-hybridized carbons (Fsp3) is 0.909. The van der Waals surface area contributed by atoms with Gasteiger partial charge in [0.05, 0.1) is 12.8 Å². The Bertz CT molecular complexity index is 430. The summed E-state index contributed by atoms with van der Waals surface area (Å²) in [6.45, 7) is 1.08. The number of nitrogens with two attached hydrogens (primary N) is 1. The molecule has 1 saturated heterocycles. The molecule has 1 saturated carbocycles. The Morgan fingerprint density at radius 2 is 2.11 bits per heavy atom. The van der Waals surface area contributed by atoms with Crippen molar-refractivity contribution in [3.05, 3.63) is 0 Å². The monoisotopic (exact) mass is 274 g/mol. The van der Waals surface area contributed by atoms with Crippen LogP contribution in [0.3, 0.4) is 0 Å². The molecule has 2 N–H and O–H groups in total. The lowest BCUT2D eigenvalue weighted by atomic mass is 10.2. The van der Waals surface area contributed by atoms with Gasteiger partial charge in [0, 0.05) is 25.7 Å². The summed E-state index contributed by atoms with van der Waals surface area (Å²) in [6.07, 6.45) is 5.38. The van der Waals surface area contributed by atoms with E-state index >= 15 is 0 Å². The van der Waals surface area contributed by atoms with Crippen LogP contribution in [-0.2, 0) is 10.0 Å². The summed E-state index contributed by atoms with van der Waals surface area (Å²) in [7, 11) is -1.17. The summed E-state index contributed by atoms with van der Waals surface area (Å²) < 4.78 is 24.7. The number of hydrogen-bond acceptors (Lipinski definition) is 3. The second kappa shape index (κ2) is 5.05. The van der Waals surface area contributed by atoms with Crippen molar-refractivity contribution in [1.29, 1.82) is 0 Å². The number of sulfonamides is 1. The van der Waals surface area contributed by atoms with Crippen LogP contribution in [-0.4, -0.2) is 62.1 Å². The predicted octanol–water partition coefficient (Wildman–Crippen LogP) is -0.181. The van der Waals surface area contributed by atoms with E-state index in [2.05, 4.69) is 4.99 Å². The van der Waals surface area contributed by atoms with Crippen molar-refractivity contribution < 1.29 is 8.42 Å². The summed E-state index contributed by atoms with van der Waals surface area (Å²) in [4.78, 5) is 6.33. The van der Waals surface area contributed by atoms with E-state index in [4.69, 9.17) is 5.73 Å². The normalized spacial score (nSPS) is 26.6. The highest BCUT2D eigenvalue weighted by Crippen LogP contribution is 2.25. The number of hydrogen-bond donors (Lipinski definition) is 1. The lowest BCUT2D eigenvalue weighted by Crippen LogP contribution is -2.39. The average molecular weight is 274 g/mol. The van der Waals surface area contributed by atoms with Crippen molar-refractivity contribution >= 4 is 16.0 Å². The van der Waals surface area contributed by atoms with Crippen LogP contribution in [0.2, 0.25) is 0 Å². The van der Waals surface area contributed by atoms with Gasteiger partial charge < -0.3 is 10.6 Å². The predicted molar refractivity (Wildman–Crippen MR) is 71.8 cm³/mol. The number of guanidine groups is 1. The van der Waals surface area contributed by atoms with E-state index in [9.17, 15) is 8.42 Å². The minimum atomic E-state index is -3.11. The maximum absolute atomic E-state index is 11.6. The average Bonchev–Trinajstić information content (AvgIpc) is 3.01. The molecule has 0 bridgehead atoms. The molecular weight excluding hydrogens is 252 g/mol. The number of nitrogens with zero attached hydrogens (tertiary/aromatic N) is 3. The molecule has 0 aromatic rings. The quantitative estimate of drug-likeness (QED) is 0.570. The first kappa shape index (κ1) is 13.6. The van der Waals surface area contributed by atoms with Crippen molar-refractivity contribution in [2.75, 3.05) is 26.4 Å². The summed E-state index contributed by atoms with van der Waals surface area (Å²) in [5.41, 5.74) is 5.90. The highest BCUT2D eigenvalue weighted by atomic mass is 32.2. The number of aliphatic imine (C=N–C) groups is 1. The van der Waals surface area contributed by atoms with Gasteiger partial charge in [0.25, 0.3) is 0 Å². The van der Waals surface area contributed by atoms with Crippen LogP contribution in [0.15, 0.2) is 4.99 Å². The molecule has 0 aromatic carbocycles. The molecule has 1 heterocycles. The zero-order valence-electron chi connectivity index (χ0n) is 11.0. The fourth-order valence-electron chi connectivity index (χ4n) is 2.39. The maximum atomic E-state index is 11.6. The first-order valence-electron chi connectivity index (χ1n) is 6.39. The molecule has 0 unspecified atom stereocenters. The maximum Gasteiger partial charge on any atom is 0.211 e. The summed E-state index contributed by atoms with van der Waals surface area (Å²) >= 11 is 0. The lowest BCUT2D eigenvalue weighted by molar-refractivity contribution is 0.394. The van der Waals surface area contributed by atoms with Crippen LogP contribution < -0.4 is 5.73 Å². The molecule has 2 aliphatic rings. The highest BCUT2D eigenvalue weighted by molar-refractivity contribution is 7.88. The van der Waals surface area contributed by atoms with Crippen LogP contribution in [0, 0.1) is 0 Å². The summed E-state index contributed by atoms with van der Waals surface area (Å²) in [5, 5.41) is 0.